The lowest BCUT2D eigenvalue weighted by Crippen LogP contribution is -2.56. The normalized spacial score (nSPS) is 12.0. The van der Waals surface area contributed by atoms with Crippen LogP contribution in [0, 0.1) is 0 Å². The zero-order valence-electron chi connectivity index (χ0n) is 47.6. The molecule has 68 radical (unpaired) electrons. The SMILES string of the molecule is [B]c1c([B])c([B])c(-c2c([B])c([B])c3c([B])c([B])c4c(-c5c([B])c([B])c([B])c(-c6c([B])c([B])c([B])c(-c7c([B])c([B])c([B])c(-c8c([B])c([B])c9c([B])c([B])c%10c([B])c([B])c([B])c%11c([B])c([B])c8c9c%10%11)c7[B])c6[B])c5[B])c([B])c([B])c5c([B])c([B])c2c3c54)c([B])c1[B]. The molecule has 0 fully saturated rings. The molecule has 0 nitrogen and oxygen atoms in total. The van der Waals surface area contributed by atoms with Crippen molar-refractivity contribution in [3.8, 4) is 55.6 Å². The monoisotopic (exact) mass is 1050 g/mol. The molecule has 326 valence electrons. The molecule has 0 saturated carbocycles. The molecule has 0 aromatic heterocycles. The third-order valence-electron chi connectivity index (χ3n) is 18.1. The van der Waals surface area contributed by atoms with Gasteiger partial charge in [-0.1, -0.05) is 147 Å². The molecule has 0 saturated heterocycles. The van der Waals surface area contributed by atoms with E-state index in [-0.39, 0.29) is 306 Å². The first-order valence-corrected chi connectivity index (χ1v) is 26.6. The molecule has 12 rings (SSSR count). The minimum atomic E-state index is -0.336. The summed E-state index contributed by atoms with van der Waals surface area (Å²) in [7, 11) is 235. The van der Waals surface area contributed by atoms with E-state index >= 15 is 0 Å². The van der Waals surface area contributed by atoms with E-state index in [1.54, 1.807) is 0 Å². The largest absolute Gasteiger partial charge is 0.115 e. The molecule has 0 spiro atoms. The Morgan fingerprint density at radius 1 is 0.0667 bits per heavy atom. The Bertz CT molecular complexity index is 5400. The van der Waals surface area contributed by atoms with Gasteiger partial charge in [0, 0.05) is 0 Å². The maximum atomic E-state index is 7.42. The Morgan fingerprint density at radius 3 is 0.378 bits per heavy atom. The fourth-order valence-electron chi connectivity index (χ4n) is 13.5. The molecule has 0 N–H and O–H groups in total. The molecular formula is C56B34. The first-order chi connectivity index (χ1) is 42.0. The average Bonchev–Trinajstić information content (AvgIpc) is 0.690. The van der Waals surface area contributed by atoms with Gasteiger partial charge in [0.25, 0.3) is 0 Å². The van der Waals surface area contributed by atoms with E-state index in [1.807, 2.05) is 0 Å². The number of rotatable bonds is 5. The molecule has 0 heterocycles. The summed E-state index contributed by atoms with van der Waals surface area (Å²) in [6.45, 7) is 0. The smallest absolute Gasteiger partial charge is 0.112 e. The number of benzene rings is 12. The lowest BCUT2D eigenvalue weighted by molar-refractivity contribution is 1.79. The van der Waals surface area contributed by atoms with Crippen LogP contribution in [0.15, 0.2) is 0 Å². The third kappa shape index (κ3) is 8.05. The van der Waals surface area contributed by atoms with Crippen molar-refractivity contribution in [2.75, 3.05) is 0 Å². The van der Waals surface area contributed by atoms with Crippen molar-refractivity contribution in [3.63, 3.8) is 0 Å². The molecule has 12 aromatic rings. The first kappa shape index (κ1) is 65.0. The molecule has 0 atom stereocenters. The van der Waals surface area contributed by atoms with E-state index in [2.05, 4.69) is 0 Å². The van der Waals surface area contributed by atoms with Crippen LogP contribution in [-0.4, -0.2) is 267 Å². The quantitative estimate of drug-likeness (QED) is 0.119. The lowest BCUT2D eigenvalue weighted by Gasteiger charge is -2.34. The Kier molecular flexibility index (Phi) is 15.7. The van der Waals surface area contributed by atoms with Crippen LogP contribution in [-0.2, 0) is 0 Å². The topological polar surface area (TPSA) is 0 Å². The Labute approximate surface area is 568 Å². The fraction of sp³-hybridized carbons (Fsp3) is 0. The molecule has 0 aliphatic carbocycles. The molecular weight excluding hydrogens is 1040 g/mol. The van der Waals surface area contributed by atoms with Gasteiger partial charge in [-0.25, -0.2) is 0 Å². The predicted molar refractivity (Wildman–Crippen MR) is 424 cm³/mol. The van der Waals surface area contributed by atoms with Crippen LogP contribution < -0.4 is 186 Å². The van der Waals surface area contributed by atoms with Crippen LogP contribution in [0.5, 0.6) is 0 Å². The van der Waals surface area contributed by atoms with Gasteiger partial charge in [0.05, 0.1) is 0 Å². The summed E-state index contributed by atoms with van der Waals surface area (Å²) in [5.74, 6) is 0. The predicted octanol–water partition coefficient (Wildman–Crippen LogP) is -25.2. The highest BCUT2D eigenvalue weighted by molar-refractivity contribution is 6.80. The van der Waals surface area contributed by atoms with Crippen LogP contribution in [0.1, 0.15) is 0 Å². The molecule has 90 heavy (non-hydrogen) atoms. The summed E-state index contributed by atoms with van der Waals surface area (Å²) in [6.07, 6.45) is 0. The van der Waals surface area contributed by atoms with Crippen LogP contribution in [0.25, 0.3) is 120 Å². The van der Waals surface area contributed by atoms with Crippen molar-refractivity contribution in [1.29, 1.82) is 0 Å². The van der Waals surface area contributed by atoms with Gasteiger partial charge in [0.15, 0.2) is 0 Å². The highest BCUT2D eigenvalue weighted by atomic mass is 14.3. The molecule has 0 unspecified atom stereocenters. The van der Waals surface area contributed by atoms with Gasteiger partial charge in [-0.3, -0.25) is 0 Å². The Hall–Kier alpha value is -5.07. The minimum absolute atomic E-state index is 0.00542. The number of hydrogen-bond donors (Lipinski definition) is 0. The van der Waals surface area contributed by atoms with Gasteiger partial charge in [-0.15, -0.1) is 38.2 Å². The highest BCUT2D eigenvalue weighted by Gasteiger charge is 2.33. The van der Waals surface area contributed by atoms with Gasteiger partial charge in [0.1, 0.15) is 267 Å². The molecule has 0 amide bonds. The van der Waals surface area contributed by atoms with E-state index < -0.39 is 0 Å². The molecule has 34 heteroatoms. The van der Waals surface area contributed by atoms with Crippen LogP contribution in [0.3, 0.4) is 0 Å². The first-order valence-electron chi connectivity index (χ1n) is 26.6. The Morgan fingerprint density at radius 2 is 0.167 bits per heavy atom. The van der Waals surface area contributed by atoms with Gasteiger partial charge >= 0.3 is 0 Å². The zero-order valence-corrected chi connectivity index (χ0v) is 47.6. The van der Waals surface area contributed by atoms with Gasteiger partial charge in [0.2, 0.25) is 0 Å². The summed E-state index contributed by atoms with van der Waals surface area (Å²) in [5.41, 5.74) is -7.11. The summed E-state index contributed by atoms with van der Waals surface area (Å²) >= 11 is 0. The zero-order chi connectivity index (χ0) is 66.3. The summed E-state index contributed by atoms with van der Waals surface area (Å²) in [6, 6.07) is 0. The Balaban J connectivity index is 1.20. The van der Waals surface area contributed by atoms with Crippen molar-refractivity contribution in [2.45, 2.75) is 0 Å². The van der Waals surface area contributed by atoms with Gasteiger partial charge in [-0.05, 0) is 120 Å². The molecule has 0 aliphatic rings. The fourth-order valence-corrected chi connectivity index (χ4v) is 13.5. The molecule has 0 aliphatic heterocycles. The van der Waals surface area contributed by atoms with Crippen LogP contribution >= 0.6 is 0 Å². The third-order valence-corrected chi connectivity index (χ3v) is 18.1. The lowest BCUT2D eigenvalue weighted by atomic mass is 9.54. The van der Waals surface area contributed by atoms with Gasteiger partial charge < -0.3 is 0 Å². The second kappa shape index (κ2) is 21.7. The maximum Gasteiger partial charge on any atom is 0.115 e. The van der Waals surface area contributed by atoms with Crippen molar-refractivity contribution >= 4 is 517 Å². The highest BCUT2D eigenvalue weighted by Crippen LogP contribution is 2.37. The maximum absolute atomic E-state index is 7.42. The molecule has 0 bridgehead atoms. The van der Waals surface area contributed by atoms with E-state index in [0.29, 0.717) is 0 Å². The van der Waals surface area contributed by atoms with E-state index in [0.717, 1.165) is 0 Å². The van der Waals surface area contributed by atoms with Crippen molar-refractivity contribution in [1.82, 2.24) is 0 Å². The van der Waals surface area contributed by atoms with Crippen molar-refractivity contribution in [2.24, 2.45) is 0 Å². The summed E-state index contributed by atoms with van der Waals surface area (Å²) < 4.78 is 0. The second-order valence-corrected chi connectivity index (χ2v) is 22.3. The van der Waals surface area contributed by atoms with Crippen molar-refractivity contribution in [3.05, 3.63) is 0 Å². The van der Waals surface area contributed by atoms with Gasteiger partial charge in [-0.2, -0.15) is 0 Å². The second-order valence-electron chi connectivity index (χ2n) is 22.3. The van der Waals surface area contributed by atoms with Crippen LogP contribution in [0.4, 0.5) is 0 Å². The molecule has 12 aromatic carbocycles. The van der Waals surface area contributed by atoms with E-state index in [4.69, 9.17) is 267 Å². The van der Waals surface area contributed by atoms with E-state index in [9.17, 15) is 0 Å². The van der Waals surface area contributed by atoms with E-state index in [1.165, 1.54) is 0 Å². The summed E-state index contributed by atoms with van der Waals surface area (Å²) in [5, 5.41) is 1.75. The summed E-state index contributed by atoms with van der Waals surface area (Å²) in [4.78, 5) is 0. The minimum Gasteiger partial charge on any atom is -0.112 e. The number of hydrogen-bond acceptors (Lipinski definition) is 0. The standard InChI is InChI=1S/C56B34/c57-23-16(8-5-1-2-6(27(61)33(67)11(1)34(68)29(8)63)10(31(65)35(69)12(2)32(66)26(5)60)18-44(78)54(88)56(90)55(89)45(18)79)42(76)51(85)46(80)19(23)21-25(59)22(49(83)53(87)48(21)82)20-24(58)17(43(77)52(86)47(20)81)9-7-3-4-14(37(71)28(7)62)40(74)50(84)41(75)15(4)39(73)38(72)13(3)36(70)30(9)64. The van der Waals surface area contributed by atoms with Crippen LogP contribution in [0.2, 0.25) is 0 Å². The average molecular weight is 1040 g/mol. The van der Waals surface area contributed by atoms with Crippen molar-refractivity contribution < 1.29 is 0 Å².